The maximum Gasteiger partial charge on any atom is 0.161 e. The maximum atomic E-state index is 9.87. The van der Waals surface area contributed by atoms with Gasteiger partial charge in [-0.2, -0.15) is 5.10 Å². The summed E-state index contributed by atoms with van der Waals surface area (Å²) in [7, 11) is 3.23. The highest BCUT2D eigenvalue weighted by Crippen LogP contribution is 2.28. The fourth-order valence-electron chi connectivity index (χ4n) is 2.43. The molecule has 6 heteroatoms. The minimum absolute atomic E-state index is 0.583. The van der Waals surface area contributed by atoms with Gasteiger partial charge in [-0.05, 0) is 31.0 Å². The van der Waals surface area contributed by atoms with Crippen molar-refractivity contribution in [2.24, 2.45) is 0 Å². The molecule has 0 aliphatic heterocycles. The first-order valence-corrected chi connectivity index (χ1v) is 7.91. The average molecular weight is 319 g/mol. The third-order valence-electron chi connectivity index (χ3n) is 3.65. The van der Waals surface area contributed by atoms with Crippen LogP contribution in [0.3, 0.4) is 0 Å². The minimum Gasteiger partial charge on any atom is -0.493 e. The van der Waals surface area contributed by atoms with E-state index in [0.717, 1.165) is 24.9 Å². The molecule has 1 aromatic heterocycles. The lowest BCUT2D eigenvalue weighted by atomic mass is 10.1. The molecule has 1 aromatic carbocycles. The minimum atomic E-state index is -0.626. The Morgan fingerprint density at radius 1 is 1.22 bits per heavy atom. The van der Waals surface area contributed by atoms with Crippen LogP contribution < -0.4 is 9.47 Å². The molecule has 0 saturated heterocycles. The second-order valence-electron chi connectivity index (χ2n) is 5.51. The Hall–Kier alpha value is -2.08. The van der Waals surface area contributed by atoms with Gasteiger partial charge in [0.05, 0.1) is 14.2 Å². The number of benzene rings is 1. The van der Waals surface area contributed by atoms with Gasteiger partial charge >= 0.3 is 0 Å². The highest BCUT2D eigenvalue weighted by atomic mass is 16.5. The number of unbranched alkanes of at least 4 members (excludes halogenated alkanes) is 1. The van der Waals surface area contributed by atoms with Crippen LogP contribution in [0.15, 0.2) is 18.2 Å². The van der Waals surface area contributed by atoms with Crippen molar-refractivity contribution in [3.05, 3.63) is 35.4 Å². The van der Waals surface area contributed by atoms with Crippen LogP contribution in [-0.2, 0) is 13.0 Å². The molecule has 0 fully saturated rings. The zero-order valence-corrected chi connectivity index (χ0v) is 14.2. The van der Waals surface area contributed by atoms with E-state index < -0.39 is 6.10 Å². The lowest BCUT2D eigenvalue weighted by Crippen LogP contribution is -2.08. The Kier molecular flexibility index (Phi) is 5.98. The maximum absolute atomic E-state index is 9.87. The molecule has 0 saturated carbocycles. The molecule has 0 aliphatic carbocycles. The lowest BCUT2D eigenvalue weighted by molar-refractivity contribution is 0.181. The number of aliphatic hydroxyl groups is 1. The van der Waals surface area contributed by atoms with Crippen LogP contribution >= 0.6 is 0 Å². The predicted molar refractivity (Wildman–Crippen MR) is 87.9 cm³/mol. The fraction of sp³-hybridized carbons (Fsp3) is 0.529. The van der Waals surface area contributed by atoms with Gasteiger partial charge in [-0.25, -0.2) is 9.67 Å². The average Bonchev–Trinajstić information content (AvgIpc) is 2.95. The smallest absolute Gasteiger partial charge is 0.161 e. The summed E-state index contributed by atoms with van der Waals surface area (Å²) in [5.41, 5.74) is 1.03. The van der Waals surface area contributed by atoms with Crippen LogP contribution in [0.5, 0.6) is 11.5 Å². The normalized spacial score (nSPS) is 12.2. The van der Waals surface area contributed by atoms with Gasteiger partial charge in [0.1, 0.15) is 6.10 Å². The van der Waals surface area contributed by atoms with Crippen LogP contribution in [0.1, 0.15) is 50.0 Å². The molecule has 0 unspecified atom stereocenters. The van der Waals surface area contributed by atoms with E-state index in [9.17, 15) is 5.11 Å². The molecule has 0 amide bonds. The van der Waals surface area contributed by atoms with Crippen molar-refractivity contribution in [1.29, 1.82) is 0 Å². The summed E-state index contributed by atoms with van der Waals surface area (Å²) in [6.45, 7) is 4.62. The summed E-state index contributed by atoms with van der Waals surface area (Å²) in [5.74, 6) is 2.70. The third kappa shape index (κ3) is 4.22. The monoisotopic (exact) mass is 319 g/mol. The van der Waals surface area contributed by atoms with Gasteiger partial charge in [-0.15, -0.1) is 0 Å². The molecule has 6 nitrogen and oxygen atoms in total. The Bertz CT molecular complexity index is 638. The van der Waals surface area contributed by atoms with E-state index in [1.807, 2.05) is 22.9 Å². The third-order valence-corrected chi connectivity index (χ3v) is 3.65. The number of aryl methyl sites for hydroxylation is 1. The Balaban J connectivity index is 2.22. The molecule has 0 bridgehead atoms. The van der Waals surface area contributed by atoms with Crippen molar-refractivity contribution in [1.82, 2.24) is 14.8 Å². The largest absolute Gasteiger partial charge is 0.493 e. The van der Waals surface area contributed by atoms with Crippen molar-refractivity contribution in [2.45, 2.75) is 45.8 Å². The van der Waals surface area contributed by atoms with Crippen molar-refractivity contribution in [3.63, 3.8) is 0 Å². The molecule has 2 rings (SSSR count). The molecule has 126 valence electrons. The molecule has 0 aliphatic rings. The van der Waals surface area contributed by atoms with Crippen molar-refractivity contribution in [3.8, 4) is 11.5 Å². The molecule has 0 spiro atoms. The summed E-state index contributed by atoms with van der Waals surface area (Å²) in [6.07, 6.45) is 2.04. The summed E-state index contributed by atoms with van der Waals surface area (Å²) in [6, 6.07) is 5.77. The van der Waals surface area contributed by atoms with Crippen molar-refractivity contribution < 1.29 is 14.6 Å². The summed E-state index contributed by atoms with van der Waals surface area (Å²) >= 11 is 0. The SMILES string of the molecule is CCCCn1nc(Cc2ccc(OC)c(OC)c2)nc1[C@@H](C)O. The second-order valence-corrected chi connectivity index (χ2v) is 5.51. The predicted octanol–water partition coefficient (Wildman–Crippen LogP) is 2.74. The van der Waals surface area contributed by atoms with Gasteiger partial charge in [0.2, 0.25) is 0 Å². The zero-order chi connectivity index (χ0) is 16.8. The lowest BCUT2D eigenvalue weighted by Gasteiger charge is -2.08. The Labute approximate surface area is 137 Å². The molecule has 1 heterocycles. The number of ether oxygens (including phenoxy) is 2. The van der Waals surface area contributed by atoms with Crippen LogP contribution in [0, 0.1) is 0 Å². The number of methoxy groups -OCH3 is 2. The van der Waals surface area contributed by atoms with Gasteiger partial charge in [0.15, 0.2) is 23.1 Å². The highest BCUT2D eigenvalue weighted by Gasteiger charge is 2.15. The molecule has 23 heavy (non-hydrogen) atoms. The standard InChI is InChI=1S/C17H25N3O3/c1-5-6-9-20-17(12(2)21)18-16(19-20)11-13-7-8-14(22-3)15(10-13)23-4/h7-8,10,12,21H,5-6,9,11H2,1-4H3/t12-/m1/s1. The summed E-state index contributed by atoms with van der Waals surface area (Å²) in [4.78, 5) is 4.49. The Morgan fingerprint density at radius 2 is 1.96 bits per heavy atom. The number of rotatable bonds is 8. The Morgan fingerprint density at radius 3 is 2.57 bits per heavy atom. The van der Waals surface area contributed by atoms with E-state index in [0.29, 0.717) is 29.6 Å². The van der Waals surface area contributed by atoms with E-state index >= 15 is 0 Å². The molecule has 2 aromatic rings. The number of aliphatic hydroxyl groups excluding tert-OH is 1. The van der Waals surface area contributed by atoms with E-state index in [1.165, 1.54) is 0 Å². The van der Waals surface area contributed by atoms with Gasteiger partial charge in [0.25, 0.3) is 0 Å². The van der Waals surface area contributed by atoms with Crippen LogP contribution in [0.4, 0.5) is 0 Å². The summed E-state index contributed by atoms with van der Waals surface area (Å²) in [5, 5.41) is 14.4. The van der Waals surface area contributed by atoms with Gasteiger partial charge in [0, 0.05) is 13.0 Å². The van der Waals surface area contributed by atoms with Crippen LogP contribution in [0.2, 0.25) is 0 Å². The van der Waals surface area contributed by atoms with Crippen LogP contribution in [-0.4, -0.2) is 34.1 Å². The van der Waals surface area contributed by atoms with E-state index in [-0.39, 0.29) is 0 Å². The fourth-order valence-corrected chi connectivity index (χ4v) is 2.43. The van der Waals surface area contributed by atoms with Gasteiger partial charge < -0.3 is 14.6 Å². The first-order valence-electron chi connectivity index (χ1n) is 7.91. The quantitative estimate of drug-likeness (QED) is 0.810. The molecule has 0 radical (unpaired) electrons. The van der Waals surface area contributed by atoms with Crippen LogP contribution in [0.25, 0.3) is 0 Å². The molecule has 1 N–H and O–H groups in total. The highest BCUT2D eigenvalue weighted by molar-refractivity contribution is 5.43. The number of hydrogen-bond donors (Lipinski definition) is 1. The summed E-state index contributed by atoms with van der Waals surface area (Å²) < 4.78 is 12.4. The number of hydrogen-bond acceptors (Lipinski definition) is 5. The van der Waals surface area contributed by atoms with Crippen molar-refractivity contribution >= 4 is 0 Å². The first kappa shape index (κ1) is 17.3. The van der Waals surface area contributed by atoms with E-state index in [2.05, 4.69) is 17.0 Å². The number of aromatic nitrogens is 3. The second kappa shape index (κ2) is 7.97. The van der Waals surface area contributed by atoms with Gasteiger partial charge in [-0.1, -0.05) is 19.4 Å². The van der Waals surface area contributed by atoms with Crippen molar-refractivity contribution in [2.75, 3.05) is 14.2 Å². The molecular weight excluding hydrogens is 294 g/mol. The zero-order valence-electron chi connectivity index (χ0n) is 14.2. The molecule has 1 atom stereocenters. The topological polar surface area (TPSA) is 69.4 Å². The first-order chi connectivity index (χ1) is 11.1. The van der Waals surface area contributed by atoms with Gasteiger partial charge in [-0.3, -0.25) is 0 Å². The molecular formula is C17H25N3O3. The number of nitrogens with zero attached hydrogens (tertiary/aromatic N) is 3. The van der Waals surface area contributed by atoms with E-state index in [4.69, 9.17) is 9.47 Å². The van der Waals surface area contributed by atoms with E-state index in [1.54, 1.807) is 21.1 Å².